The Morgan fingerprint density at radius 3 is 2.74 bits per heavy atom. The van der Waals surface area contributed by atoms with Crippen LogP contribution >= 0.6 is 0 Å². The molecule has 2 heterocycles. The molecule has 1 aromatic carbocycles. The summed E-state index contributed by atoms with van der Waals surface area (Å²) in [4.78, 5) is 19.5. The number of carbonyl (C=O) groups excluding carboxylic acids is 1. The van der Waals surface area contributed by atoms with E-state index in [-0.39, 0.29) is 12.1 Å². The van der Waals surface area contributed by atoms with Gasteiger partial charge in [-0.25, -0.2) is 13.8 Å². The lowest BCUT2D eigenvalue weighted by Crippen LogP contribution is -2.32. The molecule has 3 rings (SSSR count). The molecular weight excluding hydrogens is 378 g/mol. The molecule has 0 aliphatic heterocycles. The van der Waals surface area contributed by atoms with Gasteiger partial charge in [-0.05, 0) is 24.3 Å². The normalized spacial score (nSPS) is 11.9. The van der Waals surface area contributed by atoms with Crippen molar-refractivity contribution in [3.8, 4) is 0 Å². The molecule has 10 heteroatoms. The highest BCUT2D eigenvalue weighted by Crippen LogP contribution is 2.27. The van der Waals surface area contributed by atoms with Gasteiger partial charge >= 0.3 is 10.2 Å². The fraction of sp³-hybridized carbons (Fsp3) is 0.176. The van der Waals surface area contributed by atoms with E-state index in [0.717, 1.165) is 16.4 Å². The summed E-state index contributed by atoms with van der Waals surface area (Å²) < 4.78 is 56.3. The van der Waals surface area contributed by atoms with Crippen LogP contribution in [0.15, 0.2) is 36.7 Å². The second kappa shape index (κ2) is 7.05. The lowest BCUT2D eigenvalue weighted by atomic mass is 10.0. The summed E-state index contributed by atoms with van der Waals surface area (Å²) in [6.07, 6.45) is 2.81. The maximum absolute atomic E-state index is 14.8. The van der Waals surface area contributed by atoms with Gasteiger partial charge in [-0.1, -0.05) is 6.92 Å². The molecule has 0 unspecified atom stereocenters. The number of nitrogens with one attached hydrogen (secondary N) is 2. The fourth-order valence-electron chi connectivity index (χ4n) is 2.50. The number of H-pyrrole nitrogens is 1. The minimum absolute atomic E-state index is 0.0292. The molecule has 0 radical (unpaired) electrons. The van der Waals surface area contributed by atoms with Crippen molar-refractivity contribution in [2.45, 2.75) is 6.92 Å². The van der Waals surface area contributed by atoms with Crippen LogP contribution in [-0.2, 0) is 10.2 Å². The van der Waals surface area contributed by atoms with E-state index < -0.39 is 38.9 Å². The Hall–Kier alpha value is -2.85. The van der Waals surface area contributed by atoms with Crippen molar-refractivity contribution in [1.29, 1.82) is 0 Å². The average Bonchev–Trinajstić information content (AvgIpc) is 3.07. The number of fused-ring (bicyclic) bond motifs is 1. The first-order valence-corrected chi connectivity index (χ1v) is 9.39. The lowest BCUT2D eigenvalue weighted by molar-refractivity contribution is 0.103. The van der Waals surface area contributed by atoms with Gasteiger partial charge in [0.1, 0.15) is 11.5 Å². The van der Waals surface area contributed by atoms with E-state index in [0.29, 0.717) is 11.0 Å². The molecule has 142 valence electrons. The van der Waals surface area contributed by atoms with Gasteiger partial charge in [0.05, 0.1) is 11.3 Å². The van der Waals surface area contributed by atoms with Crippen molar-refractivity contribution < 1.29 is 22.0 Å². The molecule has 2 aromatic heterocycles. The molecule has 0 saturated heterocycles. The van der Waals surface area contributed by atoms with Crippen LogP contribution < -0.4 is 4.72 Å². The first-order chi connectivity index (χ1) is 12.8. The first-order valence-electron chi connectivity index (χ1n) is 7.95. The smallest absolute Gasteiger partial charge is 0.301 e. The standard InChI is InChI=1S/C17H16F2N4O3S/c1-3-23(2)27(25,26)22-13-7-6-12(18)14(15(13)19)16(24)11-9-21-17-10(11)5-4-8-20-17/h4-9,22H,3H2,1-2H3,(H,20,21). The van der Waals surface area contributed by atoms with E-state index in [9.17, 15) is 22.0 Å². The number of hydrogen-bond donors (Lipinski definition) is 2. The first kappa shape index (κ1) is 18.9. The Labute approximate surface area is 154 Å². The van der Waals surface area contributed by atoms with Crippen LogP contribution in [0.1, 0.15) is 22.8 Å². The molecule has 0 fully saturated rings. The largest absolute Gasteiger partial charge is 0.345 e. The zero-order valence-electron chi connectivity index (χ0n) is 14.5. The van der Waals surface area contributed by atoms with Crippen molar-refractivity contribution in [3.05, 3.63) is 59.4 Å². The monoisotopic (exact) mass is 394 g/mol. The number of rotatable bonds is 6. The Balaban J connectivity index is 2.07. The number of halogens is 2. The minimum Gasteiger partial charge on any atom is -0.345 e. The molecule has 0 aliphatic carbocycles. The van der Waals surface area contributed by atoms with Crippen LogP contribution in [0.2, 0.25) is 0 Å². The van der Waals surface area contributed by atoms with Gasteiger partial charge in [-0.3, -0.25) is 9.52 Å². The van der Waals surface area contributed by atoms with Crippen LogP contribution in [0, 0.1) is 11.6 Å². The number of carbonyl (C=O) groups is 1. The average molecular weight is 394 g/mol. The highest BCUT2D eigenvalue weighted by molar-refractivity contribution is 7.90. The number of nitrogens with zero attached hydrogens (tertiary/aromatic N) is 2. The lowest BCUT2D eigenvalue weighted by Gasteiger charge is -2.17. The van der Waals surface area contributed by atoms with Gasteiger partial charge in [-0.2, -0.15) is 12.7 Å². The third kappa shape index (κ3) is 3.40. The van der Waals surface area contributed by atoms with Crippen LogP contribution in [-0.4, -0.2) is 42.1 Å². The maximum Gasteiger partial charge on any atom is 0.301 e. The van der Waals surface area contributed by atoms with E-state index in [4.69, 9.17) is 0 Å². The molecule has 27 heavy (non-hydrogen) atoms. The summed E-state index contributed by atoms with van der Waals surface area (Å²) in [5.74, 6) is -3.30. The van der Waals surface area contributed by atoms with E-state index in [1.54, 1.807) is 19.1 Å². The number of benzene rings is 1. The van der Waals surface area contributed by atoms with Crippen LogP contribution in [0.25, 0.3) is 11.0 Å². The van der Waals surface area contributed by atoms with E-state index in [1.807, 2.05) is 4.72 Å². The molecule has 0 atom stereocenters. The number of aromatic nitrogens is 2. The van der Waals surface area contributed by atoms with Gasteiger partial charge in [0, 0.05) is 36.9 Å². The molecule has 7 nitrogen and oxygen atoms in total. The minimum atomic E-state index is -4.04. The molecule has 3 aromatic rings. The number of hydrogen-bond acceptors (Lipinski definition) is 4. The van der Waals surface area contributed by atoms with Crippen molar-refractivity contribution >= 4 is 32.7 Å². The molecule has 0 spiro atoms. The Morgan fingerprint density at radius 1 is 1.30 bits per heavy atom. The van der Waals surface area contributed by atoms with E-state index in [1.165, 1.54) is 19.4 Å². The molecule has 0 saturated carbocycles. The Morgan fingerprint density at radius 2 is 2.04 bits per heavy atom. The Bertz CT molecular complexity index is 1130. The Kier molecular flexibility index (Phi) is 4.94. The third-order valence-corrected chi connectivity index (χ3v) is 5.67. The van der Waals surface area contributed by atoms with Crippen LogP contribution in [0.5, 0.6) is 0 Å². The SMILES string of the molecule is CCN(C)S(=O)(=O)Nc1ccc(F)c(C(=O)c2c[nH]c3ncccc23)c1F. The van der Waals surface area contributed by atoms with Crippen LogP contribution in [0.4, 0.5) is 14.5 Å². The molecule has 2 N–H and O–H groups in total. The maximum atomic E-state index is 14.8. The van der Waals surface area contributed by atoms with Gasteiger partial charge in [0.25, 0.3) is 0 Å². The third-order valence-electron chi connectivity index (χ3n) is 4.11. The predicted molar refractivity (Wildman–Crippen MR) is 96.7 cm³/mol. The molecule has 0 aliphatic rings. The topological polar surface area (TPSA) is 95.2 Å². The second-order valence-electron chi connectivity index (χ2n) is 5.74. The van der Waals surface area contributed by atoms with Gasteiger partial charge in [-0.15, -0.1) is 0 Å². The second-order valence-corrected chi connectivity index (χ2v) is 7.51. The molecule has 0 amide bonds. The highest BCUT2D eigenvalue weighted by atomic mass is 32.2. The van der Waals surface area contributed by atoms with Crippen molar-refractivity contribution in [1.82, 2.24) is 14.3 Å². The summed E-state index contributed by atoms with van der Waals surface area (Å²) in [5.41, 5.74) is -0.943. The van der Waals surface area contributed by atoms with Crippen molar-refractivity contribution in [3.63, 3.8) is 0 Å². The predicted octanol–water partition coefficient (Wildman–Crippen LogP) is 2.68. The van der Waals surface area contributed by atoms with E-state index >= 15 is 0 Å². The summed E-state index contributed by atoms with van der Waals surface area (Å²) in [5, 5.41) is 0.401. The fourth-order valence-corrected chi connectivity index (χ4v) is 3.44. The van der Waals surface area contributed by atoms with Crippen LogP contribution in [0.3, 0.4) is 0 Å². The molecule has 0 bridgehead atoms. The number of anilines is 1. The van der Waals surface area contributed by atoms with Gasteiger partial charge in [0.15, 0.2) is 5.82 Å². The quantitative estimate of drug-likeness (QED) is 0.629. The summed E-state index contributed by atoms with van der Waals surface area (Å²) in [6, 6.07) is 4.95. The van der Waals surface area contributed by atoms with E-state index in [2.05, 4.69) is 9.97 Å². The summed E-state index contributed by atoms with van der Waals surface area (Å²) >= 11 is 0. The summed E-state index contributed by atoms with van der Waals surface area (Å²) in [7, 11) is -2.74. The van der Waals surface area contributed by atoms with Gasteiger partial charge in [0.2, 0.25) is 5.78 Å². The van der Waals surface area contributed by atoms with Gasteiger partial charge < -0.3 is 4.98 Å². The molecular formula is C17H16F2N4O3S. The zero-order chi connectivity index (χ0) is 19.8. The summed E-state index contributed by atoms with van der Waals surface area (Å²) in [6.45, 7) is 1.74. The van der Waals surface area contributed by atoms with Crippen molar-refractivity contribution in [2.75, 3.05) is 18.3 Å². The van der Waals surface area contributed by atoms with Crippen molar-refractivity contribution in [2.24, 2.45) is 0 Å². The zero-order valence-corrected chi connectivity index (χ0v) is 15.3. The highest BCUT2D eigenvalue weighted by Gasteiger charge is 2.26. The number of ketones is 1. The number of aromatic amines is 1. The number of pyridine rings is 1.